The molecule has 0 spiro atoms. The lowest BCUT2D eigenvalue weighted by molar-refractivity contribution is 0.0741. The van der Waals surface area contributed by atoms with Crippen LogP contribution in [0.25, 0.3) is 16.8 Å². The minimum Gasteiger partial charge on any atom is -0.497 e. The standard InChI is InChI=1S/C33H48N4O2/c1-25(2)15-21-36(22-16-26(3)4)33(38)28-17-23-37-31(24-28)30(10-9-20-35-18-7-6-8-19-35)32(34-37)27-11-13-29(39-5)14-12-27/h11-14,17,23-26H,6-10,15-16,18-22H2,1-5H3. The van der Waals surface area contributed by atoms with E-state index in [2.05, 4.69) is 55.7 Å². The number of hydrogen-bond donors (Lipinski definition) is 0. The molecule has 212 valence electrons. The van der Waals surface area contributed by atoms with Crippen molar-refractivity contribution in [1.29, 1.82) is 0 Å². The predicted octanol–water partition coefficient (Wildman–Crippen LogP) is 6.96. The summed E-state index contributed by atoms with van der Waals surface area (Å²) in [6, 6.07) is 12.2. The van der Waals surface area contributed by atoms with E-state index >= 15 is 0 Å². The Bertz CT molecular complexity index is 1180. The summed E-state index contributed by atoms with van der Waals surface area (Å²) in [6.07, 6.45) is 9.99. The molecule has 3 aromatic rings. The molecule has 1 aliphatic rings. The van der Waals surface area contributed by atoms with Gasteiger partial charge in [-0.3, -0.25) is 4.79 Å². The molecule has 6 nitrogen and oxygen atoms in total. The molecule has 0 N–H and O–H groups in total. The van der Waals surface area contributed by atoms with Crippen LogP contribution in [0.1, 0.15) is 82.1 Å². The van der Waals surface area contributed by atoms with Crippen molar-refractivity contribution in [3.63, 3.8) is 0 Å². The first-order valence-corrected chi connectivity index (χ1v) is 15.0. The third kappa shape index (κ3) is 7.84. The molecule has 1 aliphatic heterocycles. The number of amides is 1. The zero-order valence-electron chi connectivity index (χ0n) is 24.8. The number of aromatic nitrogens is 2. The molecule has 1 saturated heterocycles. The van der Waals surface area contributed by atoms with Crippen LogP contribution >= 0.6 is 0 Å². The van der Waals surface area contributed by atoms with Gasteiger partial charge in [0.1, 0.15) is 5.75 Å². The van der Waals surface area contributed by atoms with Crippen molar-refractivity contribution in [2.75, 3.05) is 39.8 Å². The van der Waals surface area contributed by atoms with Crippen molar-refractivity contribution < 1.29 is 9.53 Å². The van der Waals surface area contributed by atoms with Gasteiger partial charge in [-0.25, -0.2) is 4.52 Å². The van der Waals surface area contributed by atoms with Gasteiger partial charge in [0.2, 0.25) is 0 Å². The molecular weight excluding hydrogens is 484 g/mol. The van der Waals surface area contributed by atoms with Crippen molar-refractivity contribution in [3.8, 4) is 17.0 Å². The van der Waals surface area contributed by atoms with Gasteiger partial charge in [-0.05, 0) is 106 Å². The topological polar surface area (TPSA) is 50.1 Å². The fraction of sp³-hybridized carbons (Fsp3) is 0.576. The SMILES string of the molecule is COc1ccc(-c2nn3ccc(C(=O)N(CCC(C)C)CCC(C)C)cc3c2CCCN2CCCCC2)cc1. The Morgan fingerprint density at radius 3 is 2.26 bits per heavy atom. The number of hydrogen-bond acceptors (Lipinski definition) is 4. The summed E-state index contributed by atoms with van der Waals surface area (Å²) in [7, 11) is 1.69. The molecule has 0 atom stereocenters. The molecule has 0 saturated carbocycles. The van der Waals surface area contributed by atoms with Gasteiger partial charge >= 0.3 is 0 Å². The number of benzene rings is 1. The van der Waals surface area contributed by atoms with Crippen molar-refractivity contribution >= 4 is 11.4 Å². The Labute approximate surface area is 235 Å². The van der Waals surface area contributed by atoms with Gasteiger partial charge in [0.05, 0.1) is 18.3 Å². The number of methoxy groups -OCH3 is 1. The maximum Gasteiger partial charge on any atom is 0.253 e. The van der Waals surface area contributed by atoms with E-state index in [9.17, 15) is 4.79 Å². The number of pyridine rings is 1. The molecule has 0 aliphatic carbocycles. The van der Waals surface area contributed by atoms with Gasteiger partial charge in [-0.1, -0.05) is 34.1 Å². The van der Waals surface area contributed by atoms with Gasteiger partial charge in [0.15, 0.2) is 0 Å². The highest BCUT2D eigenvalue weighted by Crippen LogP contribution is 2.30. The van der Waals surface area contributed by atoms with Crippen LogP contribution in [0.2, 0.25) is 0 Å². The zero-order chi connectivity index (χ0) is 27.8. The van der Waals surface area contributed by atoms with E-state index in [4.69, 9.17) is 9.84 Å². The van der Waals surface area contributed by atoms with Crippen molar-refractivity contribution in [2.24, 2.45) is 11.8 Å². The third-order valence-corrected chi connectivity index (χ3v) is 7.94. The molecule has 1 amide bonds. The molecule has 1 aromatic carbocycles. The van der Waals surface area contributed by atoms with E-state index in [0.717, 1.165) is 73.4 Å². The Hall–Kier alpha value is -2.86. The Balaban J connectivity index is 1.64. The van der Waals surface area contributed by atoms with E-state index in [-0.39, 0.29) is 5.91 Å². The molecule has 1 fully saturated rings. The van der Waals surface area contributed by atoms with E-state index in [1.165, 1.54) is 37.9 Å². The summed E-state index contributed by atoms with van der Waals surface area (Å²) < 4.78 is 7.34. The minimum absolute atomic E-state index is 0.130. The Morgan fingerprint density at radius 1 is 0.974 bits per heavy atom. The number of fused-ring (bicyclic) bond motifs is 1. The highest BCUT2D eigenvalue weighted by atomic mass is 16.5. The van der Waals surface area contributed by atoms with Crippen molar-refractivity contribution in [3.05, 3.63) is 53.7 Å². The van der Waals surface area contributed by atoms with Gasteiger partial charge < -0.3 is 14.5 Å². The second-order valence-corrected chi connectivity index (χ2v) is 12.0. The number of piperidine rings is 1. The van der Waals surface area contributed by atoms with Crippen LogP contribution < -0.4 is 4.74 Å². The number of ether oxygens (including phenoxy) is 1. The first kappa shape index (κ1) is 29.1. The lowest BCUT2D eigenvalue weighted by atomic mass is 10.0. The summed E-state index contributed by atoms with van der Waals surface area (Å²) in [5.74, 6) is 2.10. The number of carbonyl (C=O) groups excluding carboxylic acids is 1. The molecular formula is C33H48N4O2. The maximum atomic E-state index is 13.8. The van der Waals surface area contributed by atoms with E-state index < -0.39 is 0 Å². The second kappa shape index (κ2) is 14.0. The van der Waals surface area contributed by atoms with Crippen LogP contribution in [0.5, 0.6) is 5.75 Å². The average molecular weight is 533 g/mol. The van der Waals surface area contributed by atoms with Crippen molar-refractivity contribution in [2.45, 2.75) is 72.6 Å². The minimum atomic E-state index is 0.130. The van der Waals surface area contributed by atoms with Crippen LogP contribution in [-0.2, 0) is 6.42 Å². The van der Waals surface area contributed by atoms with Gasteiger partial charge in [-0.2, -0.15) is 5.10 Å². The highest BCUT2D eigenvalue weighted by molar-refractivity contribution is 5.95. The van der Waals surface area contributed by atoms with Crippen LogP contribution in [0.4, 0.5) is 0 Å². The van der Waals surface area contributed by atoms with Crippen LogP contribution in [0.15, 0.2) is 42.6 Å². The van der Waals surface area contributed by atoms with E-state index in [1.807, 2.05) is 28.9 Å². The fourth-order valence-electron chi connectivity index (χ4n) is 5.44. The molecule has 0 radical (unpaired) electrons. The molecule has 2 aromatic heterocycles. The summed E-state index contributed by atoms with van der Waals surface area (Å²) in [5, 5.41) is 5.01. The van der Waals surface area contributed by atoms with Crippen molar-refractivity contribution in [1.82, 2.24) is 19.4 Å². The number of carbonyl (C=O) groups is 1. The highest BCUT2D eigenvalue weighted by Gasteiger charge is 2.21. The normalized spacial score (nSPS) is 14.4. The number of likely N-dealkylation sites (tertiary alicyclic amines) is 1. The van der Waals surface area contributed by atoms with Gasteiger partial charge in [0.25, 0.3) is 5.91 Å². The summed E-state index contributed by atoms with van der Waals surface area (Å²) in [5.41, 5.74) is 5.10. The predicted molar refractivity (Wildman–Crippen MR) is 161 cm³/mol. The monoisotopic (exact) mass is 532 g/mol. The van der Waals surface area contributed by atoms with Gasteiger partial charge in [-0.15, -0.1) is 0 Å². The van der Waals surface area contributed by atoms with Crippen LogP contribution in [0.3, 0.4) is 0 Å². The summed E-state index contributed by atoms with van der Waals surface area (Å²) in [6.45, 7) is 14.0. The number of aryl methyl sites for hydroxylation is 1. The first-order valence-electron chi connectivity index (χ1n) is 15.0. The van der Waals surface area contributed by atoms with E-state index in [0.29, 0.717) is 11.8 Å². The number of rotatable bonds is 13. The third-order valence-electron chi connectivity index (χ3n) is 7.94. The Morgan fingerprint density at radius 2 is 1.64 bits per heavy atom. The Kier molecular flexibility index (Phi) is 10.4. The molecule has 0 unspecified atom stereocenters. The summed E-state index contributed by atoms with van der Waals surface area (Å²) >= 11 is 0. The lowest BCUT2D eigenvalue weighted by Gasteiger charge is -2.26. The summed E-state index contributed by atoms with van der Waals surface area (Å²) in [4.78, 5) is 18.4. The molecule has 39 heavy (non-hydrogen) atoms. The first-order chi connectivity index (χ1) is 18.9. The largest absolute Gasteiger partial charge is 0.497 e. The van der Waals surface area contributed by atoms with Gasteiger partial charge in [0, 0.05) is 36.0 Å². The molecule has 6 heteroatoms. The van der Waals surface area contributed by atoms with E-state index in [1.54, 1.807) is 7.11 Å². The number of nitrogens with zero attached hydrogens (tertiary/aromatic N) is 4. The van der Waals surface area contributed by atoms with Crippen LogP contribution in [-0.4, -0.2) is 65.2 Å². The quantitative estimate of drug-likeness (QED) is 0.239. The molecule has 0 bridgehead atoms. The smallest absolute Gasteiger partial charge is 0.253 e. The fourth-order valence-corrected chi connectivity index (χ4v) is 5.44. The van der Waals surface area contributed by atoms with Crippen LogP contribution in [0, 0.1) is 11.8 Å². The molecule has 4 rings (SSSR count). The lowest BCUT2D eigenvalue weighted by Crippen LogP contribution is -2.34. The zero-order valence-corrected chi connectivity index (χ0v) is 24.8. The average Bonchev–Trinajstić information content (AvgIpc) is 3.30. The molecule has 3 heterocycles. The maximum absolute atomic E-state index is 13.8. The second-order valence-electron chi connectivity index (χ2n) is 12.0.